The average molecular weight is 604 g/mol. The van der Waals surface area contributed by atoms with E-state index in [1.807, 2.05) is 85.7 Å². The fourth-order valence-electron chi connectivity index (χ4n) is 5.52. The van der Waals surface area contributed by atoms with Gasteiger partial charge in [0.05, 0.1) is 42.4 Å². The summed E-state index contributed by atoms with van der Waals surface area (Å²) in [5, 5.41) is 2.61. The number of allylic oxidation sites excluding steroid dienone is 1. The monoisotopic (exact) mass is 603 g/mol. The number of benzene rings is 2. The lowest BCUT2D eigenvalue weighted by atomic mass is 9.93. The molecule has 2 unspecified atom stereocenters. The molecular weight excluding hydrogens is 566 g/mol. The Morgan fingerprint density at radius 1 is 1.07 bits per heavy atom. The van der Waals surface area contributed by atoms with Crippen LogP contribution in [-0.2, 0) is 23.9 Å². The molecule has 0 saturated carbocycles. The van der Waals surface area contributed by atoms with Gasteiger partial charge in [0.15, 0.2) is 5.17 Å². The minimum absolute atomic E-state index is 0.0837. The van der Waals surface area contributed by atoms with E-state index in [1.165, 1.54) is 11.8 Å². The first-order valence-corrected chi connectivity index (χ1v) is 15.6. The molecule has 1 fully saturated rings. The summed E-state index contributed by atoms with van der Waals surface area (Å²) < 4.78 is 17.0. The van der Waals surface area contributed by atoms with Crippen molar-refractivity contribution in [2.24, 2.45) is 10.9 Å². The fraction of sp³-hybridized carbons (Fsp3) is 0.394. The van der Waals surface area contributed by atoms with Crippen LogP contribution in [0.2, 0.25) is 0 Å². The number of esters is 2. The van der Waals surface area contributed by atoms with Gasteiger partial charge in [-0.05, 0) is 75.8 Å². The smallest absolute Gasteiger partial charge is 0.338 e. The van der Waals surface area contributed by atoms with Gasteiger partial charge in [-0.3, -0.25) is 9.59 Å². The third-order valence-corrected chi connectivity index (χ3v) is 8.33. The molecule has 0 aliphatic carbocycles. The largest absolute Gasteiger partial charge is 0.466 e. The highest BCUT2D eigenvalue weighted by atomic mass is 32.2. The number of fused-ring (bicyclic) bond motifs is 1. The second-order valence-corrected chi connectivity index (χ2v) is 11.8. The quantitative estimate of drug-likeness (QED) is 0.313. The van der Waals surface area contributed by atoms with Gasteiger partial charge in [0, 0.05) is 18.8 Å². The third kappa shape index (κ3) is 6.96. The van der Waals surface area contributed by atoms with Crippen LogP contribution in [-0.4, -0.2) is 58.6 Å². The van der Waals surface area contributed by atoms with Gasteiger partial charge >= 0.3 is 11.9 Å². The summed E-state index contributed by atoms with van der Waals surface area (Å²) >= 11 is 1.42. The van der Waals surface area contributed by atoms with Crippen LogP contribution in [0.3, 0.4) is 0 Å². The Balaban J connectivity index is 1.45. The van der Waals surface area contributed by atoms with E-state index in [2.05, 4.69) is 0 Å². The van der Waals surface area contributed by atoms with Crippen molar-refractivity contribution in [1.82, 2.24) is 9.80 Å². The molecule has 2 aromatic rings. The maximum Gasteiger partial charge on any atom is 0.338 e. The van der Waals surface area contributed by atoms with Gasteiger partial charge in [0.25, 0.3) is 0 Å². The van der Waals surface area contributed by atoms with E-state index in [9.17, 15) is 14.4 Å². The van der Waals surface area contributed by atoms with Crippen molar-refractivity contribution in [1.29, 1.82) is 0 Å². The molecule has 0 bridgehead atoms. The Morgan fingerprint density at radius 3 is 2.58 bits per heavy atom. The Bertz CT molecular complexity index is 1470. The van der Waals surface area contributed by atoms with Gasteiger partial charge in [0.1, 0.15) is 11.5 Å². The number of amidine groups is 1. The molecule has 3 aliphatic heterocycles. The number of thioether (sulfide) groups is 1. The van der Waals surface area contributed by atoms with Crippen molar-refractivity contribution in [3.05, 3.63) is 82.5 Å². The van der Waals surface area contributed by atoms with Crippen LogP contribution in [0.1, 0.15) is 58.6 Å². The van der Waals surface area contributed by atoms with Crippen LogP contribution in [0.5, 0.6) is 11.5 Å². The normalized spacial score (nSPS) is 19.9. The lowest BCUT2D eigenvalue weighted by Gasteiger charge is -2.37. The molecule has 0 spiro atoms. The Labute approximate surface area is 256 Å². The molecular formula is C33H37N3O6S. The highest BCUT2D eigenvalue weighted by Gasteiger charge is 2.42. The molecule has 226 valence electrons. The van der Waals surface area contributed by atoms with E-state index in [0.29, 0.717) is 54.1 Å². The lowest BCUT2D eigenvalue weighted by Crippen LogP contribution is -2.44. The van der Waals surface area contributed by atoms with Gasteiger partial charge < -0.3 is 24.0 Å². The number of ether oxygens (including phenoxy) is 3. The van der Waals surface area contributed by atoms with Crippen LogP contribution in [0, 0.1) is 5.92 Å². The highest BCUT2D eigenvalue weighted by molar-refractivity contribution is 8.16. The Kier molecular flexibility index (Phi) is 9.55. The minimum Gasteiger partial charge on any atom is -0.466 e. The van der Waals surface area contributed by atoms with E-state index >= 15 is 0 Å². The van der Waals surface area contributed by atoms with Crippen LogP contribution in [0.25, 0.3) is 0 Å². The first kappa shape index (κ1) is 30.4. The van der Waals surface area contributed by atoms with Crippen molar-refractivity contribution in [2.75, 3.05) is 19.7 Å². The van der Waals surface area contributed by atoms with E-state index in [0.717, 1.165) is 17.7 Å². The molecule has 0 N–H and O–H groups in total. The maximum atomic E-state index is 13.6. The van der Waals surface area contributed by atoms with Crippen molar-refractivity contribution in [3.63, 3.8) is 0 Å². The molecule has 0 aromatic heterocycles. The van der Waals surface area contributed by atoms with E-state index in [1.54, 1.807) is 11.8 Å². The van der Waals surface area contributed by atoms with Gasteiger partial charge in [-0.25, -0.2) is 9.79 Å². The van der Waals surface area contributed by atoms with E-state index in [-0.39, 0.29) is 30.3 Å². The topological polar surface area (TPSA) is 97.7 Å². The molecule has 3 aliphatic rings. The summed E-state index contributed by atoms with van der Waals surface area (Å²) in [6.45, 7) is 8.46. The van der Waals surface area contributed by atoms with E-state index in [4.69, 9.17) is 19.2 Å². The van der Waals surface area contributed by atoms with Gasteiger partial charge in [0.2, 0.25) is 5.91 Å². The highest BCUT2D eigenvalue weighted by Crippen LogP contribution is 2.45. The Morgan fingerprint density at radius 2 is 1.84 bits per heavy atom. The molecule has 2 atom stereocenters. The second-order valence-electron chi connectivity index (χ2n) is 10.9. The molecule has 10 heteroatoms. The number of carbonyl (C=O) groups is 3. The van der Waals surface area contributed by atoms with Crippen LogP contribution in [0.4, 0.5) is 0 Å². The number of hydrogen-bond donors (Lipinski definition) is 0. The molecule has 5 rings (SSSR count). The standard InChI is InChI=1S/C33H37N3O6S/c1-5-40-31(38)24-12-10-16-35(19-24)28(37)18-25-20-43-33-34-22(4)29(32(39)41-21(2)3)30(36(25)33)23-11-9-15-27(17-23)42-26-13-7-6-8-14-26/h6-9,11,13-15,17,20-21,24,30H,5,10,12,16,18-19H2,1-4H3. The SMILES string of the molecule is CCOC(=O)C1CCCN(C(=O)CC2=CSC3=NC(C)=C(C(=O)OC(C)C)C(c4cccc(Oc5ccccc5)c4)N23)C1. The van der Waals surface area contributed by atoms with Crippen LogP contribution in [0.15, 0.2) is 82.0 Å². The van der Waals surface area contributed by atoms with Crippen molar-refractivity contribution >= 4 is 34.8 Å². The zero-order valence-corrected chi connectivity index (χ0v) is 25.8. The summed E-state index contributed by atoms with van der Waals surface area (Å²) in [4.78, 5) is 48.0. The number of likely N-dealkylation sites (tertiary alicyclic amines) is 1. The summed E-state index contributed by atoms with van der Waals surface area (Å²) in [5.41, 5.74) is 2.51. The van der Waals surface area contributed by atoms with Crippen LogP contribution < -0.4 is 4.74 Å². The summed E-state index contributed by atoms with van der Waals surface area (Å²) in [7, 11) is 0. The third-order valence-electron chi connectivity index (χ3n) is 7.44. The first-order valence-electron chi connectivity index (χ1n) is 14.7. The summed E-state index contributed by atoms with van der Waals surface area (Å²) in [6, 6.07) is 16.5. The van der Waals surface area contributed by atoms with E-state index < -0.39 is 12.0 Å². The molecule has 43 heavy (non-hydrogen) atoms. The number of para-hydroxylation sites is 1. The number of rotatable bonds is 9. The zero-order chi connectivity index (χ0) is 30.5. The summed E-state index contributed by atoms with van der Waals surface area (Å²) in [5.74, 6) is 0.202. The minimum atomic E-state index is -0.583. The zero-order valence-electron chi connectivity index (χ0n) is 24.9. The molecule has 3 heterocycles. The number of hydrogen-bond acceptors (Lipinski definition) is 9. The number of carbonyl (C=O) groups excluding carboxylic acids is 3. The van der Waals surface area contributed by atoms with Crippen molar-refractivity contribution in [2.45, 2.75) is 59.1 Å². The fourth-order valence-corrected chi connectivity index (χ4v) is 6.48. The molecule has 9 nitrogen and oxygen atoms in total. The van der Waals surface area contributed by atoms with Crippen molar-refractivity contribution < 1.29 is 28.6 Å². The molecule has 2 aromatic carbocycles. The second kappa shape index (κ2) is 13.5. The van der Waals surface area contributed by atoms with Crippen LogP contribution >= 0.6 is 11.8 Å². The van der Waals surface area contributed by atoms with Crippen molar-refractivity contribution in [3.8, 4) is 11.5 Å². The van der Waals surface area contributed by atoms with Gasteiger partial charge in [-0.1, -0.05) is 42.1 Å². The van der Waals surface area contributed by atoms with Gasteiger partial charge in [-0.15, -0.1) is 0 Å². The lowest BCUT2D eigenvalue weighted by molar-refractivity contribution is -0.151. The number of amides is 1. The average Bonchev–Trinajstić information content (AvgIpc) is 3.38. The number of piperidine rings is 1. The Hall–Kier alpha value is -4.05. The van der Waals surface area contributed by atoms with Gasteiger partial charge in [-0.2, -0.15) is 0 Å². The molecule has 1 saturated heterocycles. The number of aliphatic imine (C=N–C) groups is 1. The predicted molar refractivity (Wildman–Crippen MR) is 165 cm³/mol. The maximum absolute atomic E-state index is 13.6. The molecule has 1 amide bonds. The first-order chi connectivity index (χ1) is 20.7. The number of nitrogens with zero attached hydrogens (tertiary/aromatic N) is 3. The predicted octanol–water partition coefficient (Wildman–Crippen LogP) is 6.20. The summed E-state index contributed by atoms with van der Waals surface area (Å²) in [6.07, 6.45) is 1.23. The molecule has 0 radical (unpaired) electrons.